The molecule has 162 valence electrons. The minimum absolute atomic E-state index is 0.0888. The van der Waals surface area contributed by atoms with E-state index in [1.165, 1.54) is 23.9 Å². The molecule has 3 rings (SSSR count). The van der Waals surface area contributed by atoms with E-state index in [4.69, 9.17) is 9.47 Å². The van der Waals surface area contributed by atoms with Gasteiger partial charge in [0.15, 0.2) is 17.3 Å². The van der Waals surface area contributed by atoms with Crippen LogP contribution >= 0.6 is 11.8 Å². The molecule has 1 amide bonds. The molecule has 0 unspecified atom stereocenters. The van der Waals surface area contributed by atoms with Gasteiger partial charge >= 0.3 is 0 Å². The quantitative estimate of drug-likeness (QED) is 0.399. The van der Waals surface area contributed by atoms with E-state index in [0.29, 0.717) is 40.9 Å². The average molecular weight is 442 g/mol. The van der Waals surface area contributed by atoms with Crippen LogP contribution in [0.4, 0.5) is 4.39 Å². The molecule has 0 saturated heterocycles. The van der Waals surface area contributed by atoms with Gasteiger partial charge in [-0.3, -0.25) is 4.79 Å². The maximum atomic E-state index is 13.5. The monoisotopic (exact) mass is 441 g/mol. The van der Waals surface area contributed by atoms with Crippen LogP contribution in [-0.4, -0.2) is 42.4 Å². The molecule has 8 heteroatoms. The van der Waals surface area contributed by atoms with Gasteiger partial charge in [-0.25, -0.2) is 14.4 Å². The molecule has 0 aliphatic carbocycles. The smallest absolute Gasteiger partial charge is 0.230 e. The Hall–Kier alpha value is -3.13. The van der Waals surface area contributed by atoms with Crippen LogP contribution in [0.1, 0.15) is 11.3 Å². The number of thioether (sulfide) groups is 1. The number of hydrogen-bond donors (Lipinski definition) is 1. The van der Waals surface area contributed by atoms with Crippen LogP contribution in [0.5, 0.6) is 11.5 Å². The van der Waals surface area contributed by atoms with Gasteiger partial charge in [0.25, 0.3) is 0 Å². The summed E-state index contributed by atoms with van der Waals surface area (Å²) in [6, 6.07) is 13.6. The third-order valence-electron chi connectivity index (χ3n) is 4.45. The first-order valence-corrected chi connectivity index (χ1v) is 10.7. The molecule has 2 aromatic carbocycles. The van der Waals surface area contributed by atoms with Crippen molar-refractivity contribution in [1.29, 1.82) is 0 Å². The highest BCUT2D eigenvalue weighted by Crippen LogP contribution is 2.27. The Kier molecular flexibility index (Phi) is 7.83. The SMILES string of the molecule is COc1ccc(CCNC(=O)CSc2cc(C)nc(-c3cccc(F)c3)n2)cc1OC. The Morgan fingerprint density at radius 2 is 1.87 bits per heavy atom. The lowest BCUT2D eigenvalue weighted by Gasteiger charge is -2.10. The second-order valence-corrected chi connectivity index (χ2v) is 7.76. The molecule has 0 fully saturated rings. The molecule has 0 spiro atoms. The molecule has 31 heavy (non-hydrogen) atoms. The Bertz CT molecular complexity index is 1060. The molecule has 0 saturated carbocycles. The molecule has 0 radical (unpaired) electrons. The molecular weight excluding hydrogens is 417 g/mol. The summed E-state index contributed by atoms with van der Waals surface area (Å²) >= 11 is 1.32. The fourth-order valence-corrected chi connectivity index (χ4v) is 3.73. The zero-order chi connectivity index (χ0) is 22.2. The minimum atomic E-state index is -0.342. The number of methoxy groups -OCH3 is 2. The molecule has 1 N–H and O–H groups in total. The predicted molar refractivity (Wildman–Crippen MR) is 119 cm³/mol. The average Bonchev–Trinajstić information content (AvgIpc) is 2.77. The lowest BCUT2D eigenvalue weighted by atomic mass is 10.1. The number of amides is 1. The molecular formula is C23H24FN3O3S. The van der Waals surface area contributed by atoms with Gasteiger partial charge in [-0.05, 0) is 49.2 Å². The van der Waals surface area contributed by atoms with Gasteiger partial charge in [0.05, 0.1) is 20.0 Å². The summed E-state index contributed by atoms with van der Waals surface area (Å²) in [5, 5.41) is 3.58. The largest absolute Gasteiger partial charge is 0.493 e. The van der Waals surface area contributed by atoms with E-state index in [-0.39, 0.29) is 17.5 Å². The number of ether oxygens (including phenoxy) is 2. The topological polar surface area (TPSA) is 73.3 Å². The number of carbonyl (C=O) groups excluding carboxylic acids is 1. The highest BCUT2D eigenvalue weighted by molar-refractivity contribution is 7.99. The van der Waals surface area contributed by atoms with Crippen molar-refractivity contribution in [2.75, 3.05) is 26.5 Å². The number of hydrogen-bond acceptors (Lipinski definition) is 6. The predicted octanol–water partition coefficient (Wildman–Crippen LogP) is 4.06. The maximum absolute atomic E-state index is 13.5. The zero-order valence-corrected chi connectivity index (χ0v) is 18.5. The number of nitrogens with one attached hydrogen (secondary N) is 1. The lowest BCUT2D eigenvalue weighted by Crippen LogP contribution is -2.27. The van der Waals surface area contributed by atoms with Crippen molar-refractivity contribution in [1.82, 2.24) is 15.3 Å². The number of rotatable bonds is 9. The van der Waals surface area contributed by atoms with Crippen LogP contribution in [0.15, 0.2) is 53.6 Å². The summed E-state index contributed by atoms with van der Waals surface area (Å²) < 4.78 is 24.0. The van der Waals surface area contributed by atoms with E-state index >= 15 is 0 Å². The third kappa shape index (κ3) is 6.42. The normalized spacial score (nSPS) is 10.6. The fraction of sp³-hybridized carbons (Fsp3) is 0.261. The van der Waals surface area contributed by atoms with E-state index in [0.717, 1.165) is 11.3 Å². The van der Waals surface area contributed by atoms with Gasteiger partial charge in [0.1, 0.15) is 10.8 Å². The van der Waals surface area contributed by atoms with E-state index < -0.39 is 0 Å². The number of nitrogens with zero attached hydrogens (tertiary/aromatic N) is 2. The number of aromatic nitrogens is 2. The third-order valence-corrected chi connectivity index (χ3v) is 5.36. The summed E-state index contributed by atoms with van der Waals surface area (Å²) in [5.74, 6) is 1.57. The van der Waals surface area contributed by atoms with Gasteiger partial charge in [0.2, 0.25) is 5.91 Å². The summed E-state index contributed by atoms with van der Waals surface area (Å²) in [7, 11) is 3.19. The van der Waals surface area contributed by atoms with Crippen LogP contribution in [0.2, 0.25) is 0 Å². The Balaban J connectivity index is 1.53. The van der Waals surface area contributed by atoms with Gasteiger partial charge < -0.3 is 14.8 Å². The Morgan fingerprint density at radius 3 is 2.61 bits per heavy atom. The van der Waals surface area contributed by atoms with Crippen molar-refractivity contribution in [3.05, 3.63) is 65.6 Å². The molecule has 0 atom stereocenters. The van der Waals surface area contributed by atoms with Crippen LogP contribution in [0, 0.1) is 12.7 Å². The summed E-state index contributed by atoms with van der Waals surface area (Å²) in [5.41, 5.74) is 2.40. The van der Waals surface area contributed by atoms with Crippen molar-refractivity contribution < 1.29 is 18.7 Å². The second kappa shape index (κ2) is 10.8. The minimum Gasteiger partial charge on any atom is -0.493 e. The van der Waals surface area contributed by atoms with Gasteiger partial charge in [-0.15, -0.1) is 0 Å². The van der Waals surface area contributed by atoms with Crippen LogP contribution in [0.25, 0.3) is 11.4 Å². The summed E-state index contributed by atoms with van der Waals surface area (Å²) in [6.45, 7) is 2.35. The van der Waals surface area contributed by atoms with Crippen molar-refractivity contribution in [3.8, 4) is 22.9 Å². The first kappa shape index (κ1) is 22.6. The molecule has 1 aromatic heterocycles. The molecule has 3 aromatic rings. The van der Waals surface area contributed by atoms with E-state index in [9.17, 15) is 9.18 Å². The number of carbonyl (C=O) groups is 1. The number of benzene rings is 2. The van der Waals surface area contributed by atoms with Gasteiger partial charge in [-0.2, -0.15) is 0 Å². The summed E-state index contributed by atoms with van der Waals surface area (Å²) in [4.78, 5) is 21.1. The Morgan fingerprint density at radius 1 is 1.06 bits per heavy atom. The van der Waals surface area contributed by atoms with Gasteiger partial charge in [-0.1, -0.05) is 30.0 Å². The highest BCUT2D eigenvalue weighted by Gasteiger charge is 2.10. The van der Waals surface area contributed by atoms with Crippen molar-refractivity contribution in [2.24, 2.45) is 0 Å². The van der Waals surface area contributed by atoms with Gasteiger partial charge in [0, 0.05) is 17.8 Å². The zero-order valence-electron chi connectivity index (χ0n) is 17.6. The van der Waals surface area contributed by atoms with Crippen molar-refractivity contribution in [2.45, 2.75) is 18.4 Å². The fourth-order valence-electron chi connectivity index (χ4n) is 2.94. The van der Waals surface area contributed by atoms with Crippen LogP contribution in [0.3, 0.4) is 0 Å². The van der Waals surface area contributed by atoms with Crippen molar-refractivity contribution >= 4 is 17.7 Å². The number of halogens is 1. The lowest BCUT2D eigenvalue weighted by molar-refractivity contribution is -0.118. The first-order chi connectivity index (χ1) is 15.0. The van der Waals surface area contributed by atoms with Crippen molar-refractivity contribution in [3.63, 3.8) is 0 Å². The standard InChI is InChI=1S/C23H24FN3O3S/c1-15-11-22(27-23(26-15)17-5-4-6-18(24)13-17)31-14-21(28)25-10-9-16-7-8-19(29-2)20(12-16)30-3/h4-8,11-13H,9-10,14H2,1-3H3,(H,25,28). The molecule has 0 aliphatic rings. The molecule has 6 nitrogen and oxygen atoms in total. The molecule has 0 bridgehead atoms. The van der Waals surface area contributed by atoms with Crippen LogP contribution < -0.4 is 14.8 Å². The van der Waals surface area contributed by atoms with Crippen LogP contribution in [-0.2, 0) is 11.2 Å². The molecule has 0 aliphatic heterocycles. The number of aryl methyl sites for hydroxylation is 1. The first-order valence-electron chi connectivity index (χ1n) is 9.70. The van der Waals surface area contributed by atoms with E-state index in [1.54, 1.807) is 26.4 Å². The van der Waals surface area contributed by atoms with E-state index in [1.807, 2.05) is 31.2 Å². The second-order valence-electron chi connectivity index (χ2n) is 6.76. The van der Waals surface area contributed by atoms with E-state index in [2.05, 4.69) is 15.3 Å². The molecule has 1 heterocycles. The maximum Gasteiger partial charge on any atom is 0.230 e. The Labute approximate surface area is 185 Å². The highest BCUT2D eigenvalue weighted by atomic mass is 32.2. The summed E-state index contributed by atoms with van der Waals surface area (Å²) in [6.07, 6.45) is 0.674.